The van der Waals surface area contributed by atoms with Gasteiger partial charge in [0.25, 0.3) is 5.91 Å². The predicted octanol–water partition coefficient (Wildman–Crippen LogP) is 2.60. The number of nitrogens with zero attached hydrogens (tertiary/aromatic N) is 4. The summed E-state index contributed by atoms with van der Waals surface area (Å²) in [6.45, 7) is -0.658. The van der Waals surface area contributed by atoms with Crippen LogP contribution in [0, 0.1) is 0 Å². The van der Waals surface area contributed by atoms with Gasteiger partial charge in [-0.15, -0.1) is 0 Å². The molecule has 1 amide bonds. The quantitative estimate of drug-likeness (QED) is 0.319. The first-order valence-corrected chi connectivity index (χ1v) is 10.5. The molecule has 12 heteroatoms. The molecule has 0 radical (unpaired) electrons. The molecule has 11 nitrogen and oxygen atoms in total. The summed E-state index contributed by atoms with van der Waals surface area (Å²) in [6.07, 6.45) is 3.58. The fourth-order valence-electron chi connectivity index (χ4n) is 2.90. The average Bonchev–Trinajstić information content (AvgIpc) is 3.29. The number of aromatic nitrogens is 4. The number of anilines is 1. The second kappa shape index (κ2) is 7.42. The van der Waals surface area contributed by atoms with Gasteiger partial charge in [-0.05, 0) is 12.1 Å². The molecular formula is C18H17N5O6S. The van der Waals surface area contributed by atoms with Gasteiger partial charge in [0.2, 0.25) is 5.88 Å². The molecule has 0 bridgehead atoms. The van der Waals surface area contributed by atoms with Crippen molar-refractivity contribution in [2.45, 2.75) is 11.5 Å². The zero-order valence-corrected chi connectivity index (χ0v) is 16.4. The molecule has 0 spiro atoms. The van der Waals surface area contributed by atoms with Gasteiger partial charge in [-0.3, -0.25) is 18.5 Å². The van der Waals surface area contributed by atoms with Crippen LogP contribution in [0.4, 0.5) is 5.82 Å². The van der Waals surface area contributed by atoms with E-state index in [-0.39, 0.29) is 33.5 Å². The third-order valence-corrected chi connectivity index (χ3v) is 5.39. The minimum absolute atomic E-state index is 0.135. The van der Waals surface area contributed by atoms with E-state index in [2.05, 4.69) is 20.3 Å². The Morgan fingerprint density at radius 2 is 1.93 bits per heavy atom. The monoisotopic (exact) mass is 431 g/mol. The van der Waals surface area contributed by atoms with Crippen molar-refractivity contribution in [1.82, 2.24) is 19.5 Å². The van der Waals surface area contributed by atoms with Crippen LogP contribution in [0.2, 0.25) is 0 Å². The lowest BCUT2D eigenvalue weighted by Crippen LogP contribution is -2.13. The number of rotatable bonds is 5. The van der Waals surface area contributed by atoms with E-state index in [0.29, 0.717) is 5.56 Å². The number of carbonyl (C=O) groups is 1. The van der Waals surface area contributed by atoms with Crippen LogP contribution in [-0.2, 0) is 6.61 Å². The van der Waals surface area contributed by atoms with Crippen LogP contribution < -0.4 is 5.32 Å². The number of aliphatic hydroxyl groups excluding tert-OH is 1. The molecule has 0 atom stereocenters. The number of aromatic hydroxyl groups is 1. The van der Waals surface area contributed by atoms with Crippen LogP contribution in [-0.4, -0.2) is 51.0 Å². The zero-order chi connectivity index (χ0) is 21.5. The third kappa shape index (κ3) is 3.37. The number of imidazole rings is 1. The van der Waals surface area contributed by atoms with E-state index < -0.39 is 28.9 Å². The van der Waals surface area contributed by atoms with Crippen molar-refractivity contribution in [3.05, 3.63) is 54.3 Å². The highest BCUT2D eigenvalue weighted by molar-refractivity contribution is 8.24. The topological polar surface area (TPSA) is 167 Å². The van der Waals surface area contributed by atoms with Gasteiger partial charge in [0.1, 0.15) is 19.3 Å². The maximum atomic E-state index is 12.5. The lowest BCUT2D eigenvalue weighted by molar-refractivity contribution is 0.102. The molecule has 0 saturated heterocycles. The van der Waals surface area contributed by atoms with Crippen LogP contribution in [0.3, 0.4) is 0 Å². The molecule has 0 saturated carbocycles. The summed E-state index contributed by atoms with van der Waals surface area (Å²) in [5.41, 5.74) is 0.813. The largest absolute Gasteiger partial charge is 0.503 e. The Labute approximate surface area is 171 Å². The number of amides is 1. The van der Waals surface area contributed by atoms with Crippen LogP contribution in [0.5, 0.6) is 5.75 Å². The maximum absolute atomic E-state index is 12.5. The van der Waals surface area contributed by atoms with Crippen LogP contribution in [0.1, 0.15) is 16.1 Å². The SMILES string of the molecule is CS(O)(O)c1c(-n2cnc3c(NC(=O)c4ccccc4)ncnc32)oc(CO)c1O. The van der Waals surface area contributed by atoms with Gasteiger partial charge in [0, 0.05) is 11.8 Å². The van der Waals surface area contributed by atoms with Gasteiger partial charge in [0.05, 0.1) is 0 Å². The molecule has 3 heterocycles. The molecule has 4 rings (SSSR count). The van der Waals surface area contributed by atoms with E-state index in [0.717, 1.165) is 6.26 Å². The first kappa shape index (κ1) is 19.8. The van der Waals surface area contributed by atoms with Crippen molar-refractivity contribution < 1.29 is 28.5 Å². The molecule has 5 N–H and O–H groups in total. The number of nitrogens with one attached hydrogen (secondary N) is 1. The number of benzene rings is 1. The Morgan fingerprint density at radius 1 is 1.20 bits per heavy atom. The van der Waals surface area contributed by atoms with Gasteiger partial charge in [-0.2, -0.15) is 10.6 Å². The molecule has 0 aliphatic heterocycles. The Kier molecular flexibility index (Phi) is 4.91. The van der Waals surface area contributed by atoms with Gasteiger partial charge in [-0.1, -0.05) is 18.2 Å². The summed E-state index contributed by atoms with van der Waals surface area (Å²) in [5.74, 6) is -1.23. The third-order valence-electron chi connectivity index (χ3n) is 4.24. The van der Waals surface area contributed by atoms with E-state index in [1.807, 2.05) is 0 Å². The van der Waals surface area contributed by atoms with Gasteiger partial charge in [-0.25, -0.2) is 15.0 Å². The van der Waals surface area contributed by atoms with Gasteiger partial charge >= 0.3 is 0 Å². The van der Waals surface area contributed by atoms with Crippen LogP contribution in [0.25, 0.3) is 17.0 Å². The highest BCUT2D eigenvalue weighted by Gasteiger charge is 2.30. The average molecular weight is 431 g/mol. The molecule has 156 valence electrons. The summed E-state index contributed by atoms with van der Waals surface area (Å²) in [5, 5.41) is 22.3. The number of hydrogen-bond donors (Lipinski definition) is 5. The van der Waals surface area contributed by atoms with Crippen molar-refractivity contribution in [3.8, 4) is 11.6 Å². The normalized spacial score (nSPS) is 12.3. The molecule has 0 unspecified atom stereocenters. The molecule has 0 aliphatic rings. The number of hydrogen-bond acceptors (Lipinski definition) is 9. The van der Waals surface area contributed by atoms with Gasteiger partial charge < -0.3 is 19.9 Å². The highest BCUT2D eigenvalue weighted by atomic mass is 32.3. The second-order valence-corrected chi connectivity index (χ2v) is 8.40. The minimum Gasteiger partial charge on any atom is -0.503 e. The van der Waals surface area contributed by atoms with E-state index >= 15 is 0 Å². The second-order valence-electron chi connectivity index (χ2n) is 6.33. The minimum atomic E-state index is -3.43. The number of fused-ring (bicyclic) bond motifs is 1. The van der Waals surface area contributed by atoms with Crippen molar-refractivity contribution in [1.29, 1.82) is 0 Å². The summed E-state index contributed by atoms with van der Waals surface area (Å²) in [6, 6.07) is 8.54. The molecule has 3 aromatic heterocycles. The van der Waals surface area contributed by atoms with Crippen molar-refractivity contribution in [2.75, 3.05) is 11.6 Å². The zero-order valence-electron chi connectivity index (χ0n) is 15.6. The molecule has 0 fully saturated rings. The fraction of sp³-hybridized carbons (Fsp3) is 0.111. The molecule has 30 heavy (non-hydrogen) atoms. The van der Waals surface area contributed by atoms with Gasteiger partial charge in [0.15, 0.2) is 33.4 Å². The standard InChI is InChI=1S/C18H17N5O6S/c1-30(27,28)14-13(25)11(7-24)29-18(14)23-9-21-12-15(19-8-20-16(12)23)22-17(26)10-5-3-2-4-6-10/h2-6,8-9,24-25,27-28H,7H2,1H3,(H,19,20,22,26). The Bertz CT molecular complexity index is 1230. The van der Waals surface area contributed by atoms with Crippen molar-refractivity contribution in [2.24, 2.45) is 0 Å². The maximum Gasteiger partial charge on any atom is 0.256 e. The lowest BCUT2D eigenvalue weighted by Gasteiger charge is -2.26. The highest BCUT2D eigenvalue weighted by Crippen LogP contribution is 2.54. The summed E-state index contributed by atoms with van der Waals surface area (Å²) in [7, 11) is -3.43. The molecule has 0 aliphatic carbocycles. The summed E-state index contributed by atoms with van der Waals surface area (Å²) in [4.78, 5) is 24.5. The van der Waals surface area contributed by atoms with E-state index in [1.54, 1.807) is 30.3 Å². The lowest BCUT2D eigenvalue weighted by atomic mass is 10.2. The number of aliphatic hydroxyl groups is 1. The number of carbonyl (C=O) groups excluding carboxylic acids is 1. The first-order valence-electron chi connectivity index (χ1n) is 8.54. The van der Waals surface area contributed by atoms with E-state index in [1.165, 1.54) is 17.2 Å². The Balaban J connectivity index is 1.81. The van der Waals surface area contributed by atoms with Crippen LogP contribution in [0.15, 0.2) is 52.3 Å². The fourth-order valence-corrected chi connectivity index (χ4v) is 3.85. The molecule has 4 aromatic rings. The summed E-state index contributed by atoms with van der Waals surface area (Å²) >= 11 is 0. The molecule has 1 aromatic carbocycles. The van der Waals surface area contributed by atoms with Crippen molar-refractivity contribution in [3.63, 3.8) is 0 Å². The van der Waals surface area contributed by atoms with E-state index in [4.69, 9.17) is 4.42 Å². The smallest absolute Gasteiger partial charge is 0.256 e. The van der Waals surface area contributed by atoms with E-state index in [9.17, 15) is 24.1 Å². The Morgan fingerprint density at radius 3 is 2.60 bits per heavy atom. The molecular weight excluding hydrogens is 414 g/mol. The van der Waals surface area contributed by atoms with Crippen LogP contribution >= 0.6 is 10.6 Å². The summed E-state index contributed by atoms with van der Waals surface area (Å²) < 4.78 is 27.0. The first-order chi connectivity index (χ1) is 14.3. The number of furan rings is 1. The Hall–Kier alpha value is -3.45. The van der Waals surface area contributed by atoms with Crippen molar-refractivity contribution >= 4 is 33.5 Å². The predicted molar refractivity (Wildman–Crippen MR) is 108 cm³/mol.